The molecule has 10 heteroatoms. The first-order chi connectivity index (χ1) is 17.6. The van der Waals surface area contributed by atoms with Crippen molar-refractivity contribution >= 4 is 28.3 Å². The van der Waals surface area contributed by atoms with Crippen molar-refractivity contribution in [3.05, 3.63) is 27.9 Å². The van der Waals surface area contributed by atoms with Crippen LogP contribution in [0.15, 0.2) is 17.2 Å². The summed E-state index contributed by atoms with van der Waals surface area (Å²) in [5.74, 6) is 0. The number of piperidine rings is 1. The number of nitrogens with zero attached hydrogens (tertiary/aromatic N) is 6. The van der Waals surface area contributed by atoms with Gasteiger partial charge in [-0.3, -0.25) is 14.3 Å². The van der Waals surface area contributed by atoms with Gasteiger partial charge in [-0.25, -0.2) is 9.97 Å². The van der Waals surface area contributed by atoms with Crippen molar-refractivity contribution in [1.82, 2.24) is 24.3 Å². The van der Waals surface area contributed by atoms with Gasteiger partial charge in [-0.05, 0) is 58.3 Å². The van der Waals surface area contributed by atoms with Crippen molar-refractivity contribution in [1.29, 1.82) is 0 Å². The molecule has 0 spiro atoms. The Bertz CT molecular complexity index is 1060. The van der Waals surface area contributed by atoms with Gasteiger partial charge in [-0.1, -0.05) is 24.4 Å². The van der Waals surface area contributed by atoms with Crippen LogP contribution in [0.2, 0.25) is 5.15 Å². The van der Waals surface area contributed by atoms with Gasteiger partial charge in [0.15, 0.2) is 6.29 Å². The zero-order valence-corrected chi connectivity index (χ0v) is 22.2. The molecule has 0 atom stereocenters. The largest absolute Gasteiger partial charge is 0.364 e. The van der Waals surface area contributed by atoms with Crippen LogP contribution in [-0.2, 0) is 16.0 Å². The van der Waals surface area contributed by atoms with E-state index >= 15 is 0 Å². The maximum Gasteiger partial charge on any atom is 0.275 e. The normalized spacial score (nSPS) is 21.1. The van der Waals surface area contributed by atoms with E-state index in [1.54, 1.807) is 0 Å². The number of halogens is 1. The third kappa shape index (κ3) is 6.02. The number of pyridine rings is 1. The number of unbranched alkanes of at least 4 members (excludes halogenated alkanes) is 3. The Hall–Kier alpha value is -1.78. The van der Waals surface area contributed by atoms with Gasteiger partial charge in [0.1, 0.15) is 22.8 Å². The summed E-state index contributed by atoms with van der Waals surface area (Å²) in [4.78, 5) is 29.6. The van der Waals surface area contributed by atoms with Crippen molar-refractivity contribution in [3.8, 4) is 0 Å². The molecule has 0 bridgehead atoms. The quantitative estimate of drug-likeness (QED) is 0.370. The first-order valence-corrected chi connectivity index (χ1v) is 13.9. The molecule has 5 rings (SSSR count). The molecular weight excluding hydrogens is 480 g/mol. The molecule has 0 aliphatic carbocycles. The van der Waals surface area contributed by atoms with E-state index in [9.17, 15) is 4.79 Å². The smallest absolute Gasteiger partial charge is 0.275 e. The molecule has 3 saturated heterocycles. The Morgan fingerprint density at radius 3 is 2.44 bits per heavy atom. The Morgan fingerprint density at radius 2 is 1.69 bits per heavy atom. The molecule has 0 aromatic carbocycles. The fourth-order valence-electron chi connectivity index (χ4n) is 5.77. The summed E-state index contributed by atoms with van der Waals surface area (Å²) in [5, 5.41) is 1.15. The van der Waals surface area contributed by atoms with Crippen molar-refractivity contribution in [2.24, 2.45) is 0 Å². The van der Waals surface area contributed by atoms with Crippen molar-refractivity contribution in [2.75, 3.05) is 64.4 Å². The lowest BCUT2D eigenvalue weighted by molar-refractivity contribution is -0.0480. The lowest BCUT2D eigenvalue weighted by Gasteiger charge is -2.42. The topological polar surface area (TPSA) is 76.0 Å². The first-order valence-electron chi connectivity index (χ1n) is 13.5. The molecular formula is C26H39ClN6O3. The number of rotatable bonds is 9. The minimum absolute atomic E-state index is 0.0257. The predicted octanol–water partition coefficient (Wildman–Crippen LogP) is 2.98. The molecule has 0 saturated carbocycles. The van der Waals surface area contributed by atoms with Gasteiger partial charge in [0.25, 0.3) is 5.56 Å². The molecule has 0 radical (unpaired) electrons. The number of hydrogen-bond donors (Lipinski definition) is 0. The molecule has 5 heterocycles. The molecule has 2 aromatic rings. The number of likely N-dealkylation sites (tertiary alicyclic amines) is 1. The zero-order chi connectivity index (χ0) is 24.9. The first kappa shape index (κ1) is 25.9. The van der Waals surface area contributed by atoms with Crippen molar-refractivity contribution < 1.29 is 9.47 Å². The number of hydrogen-bond acceptors (Lipinski definition) is 8. The van der Waals surface area contributed by atoms with Crippen LogP contribution in [0.3, 0.4) is 0 Å². The Kier molecular flexibility index (Phi) is 8.74. The summed E-state index contributed by atoms with van der Waals surface area (Å²) in [6.07, 6.45) is 8.91. The van der Waals surface area contributed by atoms with Crippen LogP contribution in [0, 0.1) is 0 Å². The number of piperazine rings is 1. The fourth-order valence-corrected chi connectivity index (χ4v) is 5.95. The zero-order valence-electron chi connectivity index (χ0n) is 21.4. The average molecular weight is 519 g/mol. The second kappa shape index (κ2) is 12.2. The lowest BCUT2D eigenvalue weighted by Crippen LogP contribution is -2.53. The van der Waals surface area contributed by atoms with E-state index in [0.717, 1.165) is 69.4 Å². The van der Waals surface area contributed by atoms with Crippen molar-refractivity contribution in [2.45, 2.75) is 63.8 Å². The SMILES string of the molecule is CN1CCC(N2CCN(c3cc4c(Cl)ncnc4n(CCCCCCC4OCCO4)c3=O)CC2)CC1. The Morgan fingerprint density at radius 1 is 0.972 bits per heavy atom. The lowest BCUT2D eigenvalue weighted by atomic mass is 10.0. The molecule has 198 valence electrons. The highest BCUT2D eigenvalue weighted by atomic mass is 35.5. The van der Waals surface area contributed by atoms with E-state index < -0.39 is 0 Å². The van der Waals surface area contributed by atoms with Gasteiger partial charge in [-0.15, -0.1) is 0 Å². The fraction of sp³-hybridized carbons (Fsp3) is 0.731. The van der Waals surface area contributed by atoms with Crippen LogP contribution in [0.5, 0.6) is 0 Å². The van der Waals surface area contributed by atoms with Crippen LogP contribution in [-0.4, -0.2) is 96.2 Å². The summed E-state index contributed by atoms with van der Waals surface area (Å²) in [7, 11) is 2.20. The summed E-state index contributed by atoms with van der Waals surface area (Å²) < 4.78 is 12.8. The average Bonchev–Trinajstić information content (AvgIpc) is 3.41. The third-order valence-electron chi connectivity index (χ3n) is 7.94. The van der Waals surface area contributed by atoms with E-state index in [1.165, 1.54) is 32.3 Å². The minimum Gasteiger partial charge on any atom is -0.364 e. The number of ether oxygens (including phenoxy) is 2. The van der Waals surface area contributed by atoms with Crippen LogP contribution in [0.1, 0.15) is 44.9 Å². The van der Waals surface area contributed by atoms with E-state index in [1.807, 2.05) is 10.6 Å². The minimum atomic E-state index is -0.0352. The van der Waals surface area contributed by atoms with Gasteiger partial charge >= 0.3 is 0 Å². The van der Waals surface area contributed by atoms with Gasteiger partial charge in [0.2, 0.25) is 0 Å². The maximum atomic E-state index is 13.7. The second-order valence-electron chi connectivity index (χ2n) is 10.3. The summed E-state index contributed by atoms with van der Waals surface area (Å²) in [6.45, 7) is 8.04. The van der Waals surface area contributed by atoms with E-state index in [0.29, 0.717) is 36.6 Å². The molecule has 9 nitrogen and oxygen atoms in total. The Labute approximate surface area is 218 Å². The number of fused-ring (bicyclic) bond motifs is 1. The number of aryl methyl sites for hydroxylation is 1. The summed E-state index contributed by atoms with van der Waals surface area (Å²) in [6, 6.07) is 2.56. The molecule has 2 aromatic heterocycles. The highest BCUT2D eigenvalue weighted by molar-refractivity contribution is 6.33. The molecule has 36 heavy (non-hydrogen) atoms. The summed E-state index contributed by atoms with van der Waals surface area (Å²) in [5.41, 5.74) is 1.37. The monoisotopic (exact) mass is 518 g/mol. The van der Waals surface area contributed by atoms with Gasteiger partial charge in [0.05, 0.1) is 18.6 Å². The molecule has 0 unspecified atom stereocenters. The van der Waals surface area contributed by atoms with Gasteiger partial charge in [0, 0.05) is 38.8 Å². The second-order valence-corrected chi connectivity index (χ2v) is 10.7. The Balaban J connectivity index is 1.24. The standard InChI is InChI=1S/C26H39ClN6O3/c1-30-10-7-20(8-11-30)31-12-14-32(15-13-31)22-18-21-24(27)28-19-29-25(21)33(26(22)34)9-5-3-2-4-6-23-35-16-17-36-23/h18-20,23H,2-17H2,1H3. The van der Waals surface area contributed by atoms with Crippen LogP contribution >= 0.6 is 11.6 Å². The van der Waals surface area contributed by atoms with E-state index in [2.05, 4.69) is 31.7 Å². The summed E-state index contributed by atoms with van der Waals surface area (Å²) >= 11 is 6.47. The number of aromatic nitrogens is 3. The molecule has 0 amide bonds. The maximum absolute atomic E-state index is 13.7. The van der Waals surface area contributed by atoms with Crippen molar-refractivity contribution in [3.63, 3.8) is 0 Å². The predicted molar refractivity (Wildman–Crippen MR) is 142 cm³/mol. The third-order valence-corrected chi connectivity index (χ3v) is 8.24. The van der Waals surface area contributed by atoms with E-state index in [-0.39, 0.29) is 11.8 Å². The number of anilines is 1. The van der Waals surface area contributed by atoms with Crippen LogP contribution in [0.4, 0.5) is 5.69 Å². The molecule has 0 N–H and O–H groups in total. The van der Waals surface area contributed by atoms with Crippen LogP contribution in [0.25, 0.3) is 11.0 Å². The van der Waals surface area contributed by atoms with E-state index in [4.69, 9.17) is 21.1 Å². The van der Waals surface area contributed by atoms with Gasteiger partial charge < -0.3 is 19.3 Å². The molecule has 3 aliphatic rings. The highest BCUT2D eigenvalue weighted by Gasteiger charge is 2.28. The van der Waals surface area contributed by atoms with Crippen LogP contribution < -0.4 is 10.5 Å². The van der Waals surface area contributed by atoms with Gasteiger partial charge in [-0.2, -0.15) is 0 Å². The molecule has 3 aliphatic heterocycles. The highest BCUT2D eigenvalue weighted by Crippen LogP contribution is 2.25. The molecule has 3 fully saturated rings.